The van der Waals surface area contributed by atoms with E-state index in [-0.39, 0.29) is 11.8 Å². The number of hydrogen-bond donors (Lipinski definition) is 2. The average Bonchev–Trinajstić information content (AvgIpc) is 2.62. The first-order chi connectivity index (χ1) is 12.4. The summed E-state index contributed by atoms with van der Waals surface area (Å²) in [5.41, 5.74) is 7.04. The number of nitrogens with zero attached hydrogens (tertiary/aromatic N) is 2. The average molecular weight is 374 g/mol. The molecule has 1 aromatic carbocycles. The number of para-hydroxylation sites is 1. The molecule has 2 aromatic heterocycles. The van der Waals surface area contributed by atoms with Crippen molar-refractivity contribution in [3.05, 3.63) is 65.1 Å². The number of rotatable bonds is 4. The van der Waals surface area contributed by atoms with Gasteiger partial charge in [0.1, 0.15) is 11.4 Å². The zero-order valence-corrected chi connectivity index (χ0v) is 15.3. The summed E-state index contributed by atoms with van der Waals surface area (Å²) in [7, 11) is 0. The lowest BCUT2D eigenvalue weighted by Gasteiger charge is -2.12. The summed E-state index contributed by atoms with van der Waals surface area (Å²) in [6.45, 7) is 4.55. The van der Waals surface area contributed by atoms with Crippen molar-refractivity contribution in [2.75, 3.05) is 0 Å². The molecule has 0 aliphatic rings. The Balaban J connectivity index is 0.000000190. The van der Waals surface area contributed by atoms with Crippen LogP contribution < -0.4 is 10.5 Å². The highest BCUT2D eigenvalue weighted by molar-refractivity contribution is 6.34. The second-order valence-electron chi connectivity index (χ2n) is 5.67. The van der Waals surface area contributed by atoms with Gasteiger partial charge in [-0.1, -0.05) is 29.8 Å². The maximum atomic E-state index is 10.6. The Bertz CT molecular complexity index is 900. The van der Waals surface area contributed by atoms with Crippen LogP contribution in [0, 0.1) is 0 Å². The number of carboxylic acids is 1. The van der Waals surface area contributed by atoms with Crippen LogP contribution in [0.1, 0.15) is 29.9 Å². The molecule has 0 bridgehead atoms. The van der Waals surface area contributed by atoms with Crippen LogP contribution >= 0.6 is 11.6 Å². The third-order valence-corrected chi connectivity index (χ3v) is 3.61. The lowest BCUT2D eigenvalue weighted by Crippen LogP contribution is -2.08. The van der Waals surface area contributed by atoms with E-state index in [2.05, 4.69) is 9.97 Å². The van der Waals surface area contributed by atoms with Crippen molar-refractivity contribution < 1.29 is 14.6 Å². The number of carboxylic acid groups (broad SMARTS) is 1. The van der Waals surface area contributed by atoms with Crippen LogP contribution in [0.4, 0.5) is 0 Å². The van der Waals surface area contributed by atoms with Crippen molar-refractivity contribution in [3.8, 4) is 5.75 Å². The second kappa shape index (κ2) is 9.12. The molecule has 0 atom stereocenters. The van der Waals surface area contributed by atoms with Gasteiger partial charge in [0, 0.05) is 29.9 Å². The van der Waals surface area contributed by atoms with Gasteiger partial charge in [0.05, 0.1) is 16.6 Å². The molecular weight excluding hydrogens is 354 g/mol. The van der Waals surface area contributed by atoms with Crippen LogP contribution in [-0.4, -0.2) is 27.1 Å². The zero-order valence-electron chi connectivity index (χ0n) is 14.5. The number of nitrogens with two attached hydrogens (primary N) is 1. The quantitative estimate of drug-likeness (QED) is 0.719. The lowest BCUT2D eigenvalue weighted by molar-refractivity contribution is 0.0691. The Morgan fingerprint density at radius 3 is 2.62 bits per heavy atom. The van der Waals surface area contributed by atoms with E-state index >= 15 is 0 Å². The predicted molar refractivity (Wildman–Crippen MR) is 102 cm³/mol. The summed E-state index contributed by atoms with van der Waals surface area (Å²) >= 11 is 5.82. The van der Waals surface area contributed by atoms with Crippen molar-refractivity contribution in [3.63, 3.8) is 0 Å². The number of aromatic carboxylic acids is 1. The van der Waals surface area contributed by atoms with Gasteiger partial charge >= 0.3 is 5.97 Å². The van der Waals surface area contributed by atoms with E-state index in [9.17, 15) is 4.79 Å². The number of pyridine rings is 2. The smallest absolute Gasteiger partial charge is 0.354 e. The molecule has 0 unspecified atom stereocenters. The van der Waals surface area contributed by atoms with Gasteiger partial charge in [-0.05, 0) is 32.0 Å². The standard InChI is InChI=1S/C10H15NO.C9H5ClN2O2/c1-8(2)12-10-6-4-3-5-9(10)7-11;10-6-4-11-3-5-1-2-7(9(13)14)12-8(5)6/h3-6,8H,7,11H2,1-2H3;1-4H,(H,13,14). The molecule has 0 aliphatic carbocycles. The van der Waals surface area contributed by atoms with Crippen LogP contribution in [0.15, 0.2) is 48.8 Å². The van der Waals surface area contributed by atoms with Crippen LogP contribution in [0.25, 0.3) is 10.9 Å². The van der Waals surface area contributed by atoms with E-state index in [1.54, 1.807) is 12.3 Å². The van der Waals surface area contributed by atoms with E-state index < -0.39 is 5.97 Å². The maximum absolute atomic E-state index is 10.6. The highest BCUT2D eigenvalue weighted by Gasteiger charge is 2.07. The number of aromatic nitrogens is 2. The fraction of sp³-hybridized carbons (Fsp3) is 0.211. The van der Waals surface area contributed by atoms with E-state index in [0.717, 1.165) is 16.7 Å². The molecule has 2 heterocycles. The van der Waals surface area contributed by atoms with Crippen molar-refractivity contribution in [2.45, 2.75) is 26.5 Å². The maximum Gasteiger partial charge on any atom is 0.354 e. The molecule has 0 fully saturated rings. The molecule has 0 saturated carbocycles. The molecule has 6 nitrogen and oxygen atoms in total. The second-order valence-corrected chi connectivity index (χ2v) is 6.08. The third-order valence-electron chi connectivity index (χ3n) is 3.33. The first kappa shape index (κ1) is 19.6. The van der Waals surface area contributed by atoms with Gasteiger partial charge in [0.15, 0.2) is 0 Å². The normalized spacial score (nSPS) is 10.3. The van der Waals surface area contributed by atoms with Crippen LogP contribution in [0.5, 0.6) is 5.75 Å². The summed E-state index contributed by atoms with van der Waals surface area (Å²) in [5.74, 6) is -0.172. The van der Waals surface area contributed by atoms with Gasteiger partial charge in [-0.25, -0.2) is 9.78 Å². The van der Waals surface area contributed by atoms with Gasteiger partial charge in [-0.15, -0.1) is 0 Å². The molecule has 0 saturated heterocycles. The molecule has 136 valence electrons. The van der Waals surface area contributed by atoms with E-state index in [0.29, 0.717) is 17.1 Å². The number of hydrogen-bond acceptors (Lipinski definition) is 5. The highest BCUT2D eigenvalue weighted by Crippen LogP contribution is 2.20. The molecule has 7 heteroatoms. The van der Waals surface area contributed by atoms with Gasteiger partial charge in [-0.2, -0.15) is 0 Å². The van der Waals surface area contributed by atoms with Crippen LogP contribution in [-0.2, 0) is 6.54 Å². The highest BCUT2D eigenvalue weighted by atomic mass is 35.5. The number of carbonyl (C=O) groups is 1. The van der Waals surface area contributed by atoms with Crippen molar-refractivity contribution in [2.24, 2.45) is 5.73 Å². The molecule has 0 amide bonds. The molecule has 3 rings (SSSR count). The van der Waals surface area contributed by atoms with Gasteiger partial charge in [-0.3, -0.25) is 4.98 Å². The first-order valence-electron chi connectivity index (χ1n) is 8.00. The fourth-order valence-electron chi connectivity index (χ4n) is 2.17. The Hall–Kier alpha value is -2.70. The van der Waals surface area contributed by atoms with Gasteiger partial charge in [0.2, 0.25) is 0 Å². The summed E-state index contributed by atoms with van der Waals surface area (Å²) in [6.07, 6.45) is 3.22. The van der Waals surface area contributed by atoms with Gasteiger partial charge < -0.3 is 15.6 Å². The lowest BCUT2D eigenvalue weighted by atomic mass is 10.2. The molecule has 0 spiro atoms. The first-order valence-corrected chi connectivity index (χ1v) is 8.38. The summed E-state index contributed by atoms with van der Waals surface area (Å²) < 4.78 is 5.56. The van der Waals surface area contributed by atoms with E-state index in [4.69, 9.17) is 27.2 Å². The summed E-state index contributed by atoms with van der Waals surface area (Å²) in [5, 5.41) is 9.79. The van der Waals surface area contributed by atoms with Crippen LogP contribution in [0.3, 0.4) is 0 Å². The van der Waals surface area contributed by atoms with Crippen molar-refractivity contribution in [1.29, 1.82) is 0 Å². The molecular formula is C19H20ClN3O3. The summed E-state index contributed by atoms with van der Waals surface area (Å²) in [4.78, 5) is 18.4. The Morgan fingerprint density at radius 1 is 1.23 bits per heavy atom. The number of ether oxygens (including phenoxy) is 1. The SMILES string of the molecule is CC(C)Oc1ccccc1CN.O=C(O)c1ccc2cncc(Cl)c2n1. The zero-order chi connectivity index (χ0) is 19.1. The monoisotopic (exact) mass is 373 g/mol. The molecule has 3 N–H and O–H groups in total. The van der Waals surface area contributed by atoms with Crippen molar-refractivity contribution >= 4 is 28.5 Å². The molecule has 0 aliphatic heterocycles. The minimum Gasteiger partial charge on any atom is -0.491 e. The van der Waals surface area contributed by atoms with Crippen molar-refractivity contribution in [1.82, 2.24) is 9.97 Å². The number of benzene rings is 1. The Labute approximate surface area is 156 Å². The molecule has 26 heavy (non-hydrogen) atoms. The van der Waals surface area contributed by atoms with Crippen LogP contribution in [0.2, 0.25) is 5.02 Å². The van der Waals surface area contributed by atoms with E-state index in [1.165, 1.54) is 12.3 Å². The number of fused-ring (bicyclic) bond motifs is 1. The van der Waals surface area contributed by atoms with Gasteiger partial charge in [0.25, 0.3) is 0 Å². The van der Waals surface area contributed by atoms with E-state index in [1.807, 2.05) is 38.1 Å². The molecule has 3 aromatic rings. The largest absolute Gasteiger partial charge is 0.491 e. The molecule has 0 radical (unpaired) electrons. The minimum atomic E-state index is -1.07. The minimum absolute atomic E-state index is 0.0226. The number of halogens is 1. The Kier molecular flexibility index (Phi) is 6.89. The topological polar surface area (TPSA) is 98.3 Å². The third kappa shape index (κ3) is 5.15. The fourth-order valence-corrected chi connectivity index (χ4v) is 2.38. The predicted octanol–water partition coefficient (Wildman–Crippen LogP) is 3.91. The Morgan fingerprint density at radius 2 is 1.96 bits per heavy atom. The summed E-state index contributed by atoms with van der Waals surface area (Å²) in [6, 6.07) is 10.9.